The van der Waals surface area contributed by atoms with Gasteiger partial charge in [0, 0.05) is 17.0 Å². The maximum Gasteiger partial charge on any atom is 0.256 e. The lowest BCUT2D eigenvalue weighted by Crippen LogP contribution is -2.15. The first-order valence-electron chi connectivity index (χ1n) is 10.9. The summed E-state index contributed by atoms with van der Waals surface area (Å²) in [7, 11) is 1.63. The minimum Gasteiger partial charge on any atom is -0.497 e. The first-order valence-corrected chi connectivity index (χ1v) is 10.9. The van der Waals surface area contributed by atoms with Crippen molar-refractivity contribution in [1.82, 2.24) is 14.8 Å². The van der Waals surface area contributed by atoms with Crippen LogP contribution in [0.15, 0.2) is 54.6 Å². The Balaban J connectivity index is 1.50. The lowest BCUT2D eigenvalue weighted by molar-refractivity contribution is 0.102. The van der Waals surface area contributed by atoms with E-state index in [0.29, 0.717) is 23.8 Å². The molecule has 0 saturated heterocycles. The highest BCUT2D eigenvalue weighted by atomic mass is 16.5. The topological polar surface area (TPSA) is 69.0 Å². The van der Waals surface area contributed by atoms with E-state index in [0.717, 1.165) is 52.1 Å². The molecule has 162 valence electrons. The number of carbonyl (C=O) groups is 1. The third kappa shape index (κ3) is 3.84. The zero-order valence-corrected chi connectivity index (χ0v) is 18.6. The van der Waals surface area contributed by atoms with Crippen LogP contribution in [0.3, 0.4) is 0 Å². The number of nitrogens with zero attached hydrogens (tertiary/aromatic N) is 3. The predicted molar refractivity (Wildman–Crippen MR) is 125 cm³/mol. The number of hydrogen-bond donors (Lipinski definition) is 1. The number of aryl methyl sites for hydroxylation is 1. The van der Waals surface area contributed by atoms with Crippen LogP contribution < -0.4 is 10.1 Å². The minimum atomic E-state index is -0.155. The van der Waals surface area contributed by atoms with Gasteiger partial charge in [0.1, 0.15) is 5.75 Å². The molecule has 0 unspecified atom stereocenters. The molecule has 32 heavy (non-hydrogen) atoms. The Morgan fingerprint density at radius 2 is 1.91 bits per heavy atom. The van der Waals surface area contributed by atoms with Crippen LogP contribution in [0.1, 0.15) is 51.8 Å². The van der Waals surface area contributed by atoms with Gasteiger partial charge in [0.05, 0.1) is 41.8 Å². The first kappa shape index (κ1) is 20.2. The molecule has 0 spiro atoms. The molecule has 2 heterocycles. The molecular formula is C26H26N4O2. The standard InChI is InChI=1S/C26H26N4O2/c1-16-25(17(2)30(29-16)15-18-7-5-4-6-8-18)28-26(31)22-14-24(19-9-10-19)27-23-12-11-20(32-3)13-21(22)23/h4-8,11-14,19H,9-10,15H2,1-3H3,(H,28,31). The molecule has 1 aliphatic rings. The Morgan fingerprint density at radius 3 is 2.62 bits per heavy atom. The number of hydrogen-bond acceptors (Lipinski definition) is 4. The highest BCUT2D eigenvalue weighted by Crippen LogP contribution is 2.40. The number of rotatable bonds is 6. The second-order valence-corrected chi connectivity index (χ2v) is 8.40. The fourth-order valence-electron chi connectivity index (χ4n) is 4.10. The molecule has 1 amide bonds. The molecule has 6 heteroatoms. The van der Waals surface area contributed by atoms with Gasteiger partial charge < -0.3 is 10.1 Å². The van der Waals surface area contributed by atoms with Gasteiger partial charge >= 0.3 is 0 Å². The second-order valence-electron chi connectivity index (χ2n) is 8.40. The van der Waals surface area contributed by atoms with Gasteiger partial charge in [-0.25, -0.2) is 0 Å². The number of ether oxygens (including phenoxy) is 1. The zero-order valence-electron chi connectivity index (χ0n) is 18.6. The van der Waals surface area contributed by atoms with Crippen molar-refractivity contribution in [1.29, 1.82) is 0 Å². The second kappa shape index (κ2) is 8.11. The van der Waals surface area contributed by atoms with E-state index in [1.807, 2.05) is 61.0 Å². The van der Waals surface area contributed by atoms with Crippen molar-refractivity contribution in [3.63, 3.8) is 0 Å². The quantitative estimate of drug-likeness (QED) is 0.458. The van der Waals surface area contributed by atoms with Crippen LogP contribution in [0.5, 0.6) is 5.75 Å². The SMILES string of the molecule is COc1ccc2nc(C3CC3)cc(C(=O)Nc3c(C)nn(Cc4ccccc4)c3C)c2c1. The first-order chi connectivity index (χ1) is 15.5. The van der Waals surface area contributed by atoms with Gasteiger partial charge in [0.25, 0.3) is 5.91 Å². The van der Waals surface area contributed by atoms with E-state index in [4.69, 9.17) is 9.72 Å². The van der Waals surface area contributed by atoms with Crippen LogP contribution in [0, 0.1) is 13.8 Å². The van der Waals surface area contributed by atoms with Crippen LogP contribution >= 0.6 is 0 Å². The average molecular weight is 427 g/mol. The average Bonchev–Trinajstić information content (AvgIpc) is 3.63. The number of amides is 1. The van der Waals surface area contributed by atoms with Gasteiger partial charge in [-0.15, -0.1) is 0 Å². The van der Waals surface area contributed by atoms with Crippen molar-refractivity contribution in [2.24, 2.45) is 0 Å². The lowest BCUT2D eigenvalue weighted by atomic mass is 10.0. The largest absolute Gasteiger partial charge is 0.497 e. The summed E-state index contributed by atoms with van der Waals surface area (Å²) >= 11 is 0. The molecule has 1 saturated carbocycles. The summed E-state index contributed by atoms with van der Waals surface area (Å²) in [6.07, 6.45) is 2.25. The van der Waals surface area contributed by atoms with E-state index in [1.165, 1.54) is 0 Å². The van der Waals surface area contributed by atoms with Gasteiger partial charge in [0.2, 0.25) is 0 Å². The minimum absolute atomic E-state index is 0.155. The molecule has 0 aliphatic heterocycles. The summed E-state index contributed by atoms with van der Waals surface area (Å²) in [6.45, 7) is 4.57. The number of methoxy groups -OCH3 is 1. The normalized spacial score (nSPS) is 13.3. The Kier molecular flexibility index (Phi) is 5.13. The summed E-state index contributed by atoms with van der Waals surface area (Å²) in [5.41, 5.74) is 6.06. The van der Waals surface area contributed by atoms with Crippen molar-refractivity contribution in [2.45, 2.75) is 39.2 Å². The van der Waals surface area contributed by atoms with E-state index in [9.17, 15) is 4.79 Å². The number of benzene rings is 2. The van der Waals surface area contributed by atoms with Crippen molar-refractivity contribution >= 4 is 22.5 Å². The summed E-state index contributed by atoms with van der Waals surface area (Å²) in [4.78, 5) is 18.3. The van der Waals surface area contributed by atoms with E-state index in [2.05, 4.69) is 22.5 Å². The fourth-order valence-corrected chi connectivity index (χ4v) is 4.10. The van der Waals surface area contributed by atoms with E-state index < -0.39 is 0 Å². The zero-order chi connectivity index (χ0) is 22.2. The predicted octanol–water partition coefficient (Wildman–Crippen LogP) is 5.23. The number of pyridine rings is 1. The van der Waals surface area contributed by atoms with Crippen LogP contribution in [0.4, 0.5) is 5.69 Å². The third-order valence-electron chi connectivity index (χ3n) is 6.07. The number of fused-ring (bicyclic) bond motifs is 1. The maximum atomic E-state index is 13.5. The molecule has 1 N–H and O–H groups in total. The van der Waals surface area contributed by atoms with Crippen molar-refractivity contribution in [3.05, 3.63) is 82.8 Å². The maximum absolute atomic E-state index is 13.5. The van der Waals surface area contributed by atoms with Crippen molar-refractivity contribution in [2.75, 3.05) is 12.4 Å². The molecule has 2 aromatic carbocycles. The highest BCUT2D eigenvalue weighted by molar-refractivity contribution is 6.13. The molecular weight excluding hydrogens is 400 g/mol. The highest BCUT2D eigenvalue weighted by Gasteiger charge is 2.27. The van der Waals surface area contributed by atoms with Gasteiger partial charge in [0.15, 0.2) is 0 Å². The third-order valence-corrected chi connectivity index (χ3v) is 6.07. The number of carbonyl (C=O) groups excluding carboxylic acids is 1. The summed E-state index contributed by atoms with van der Waals surface area (Å²) in [6, 6.07) is 17.8. The van der Waals surface area contributed by atoms with Crippen LogP contribution in [0.2, 0.25) is 0 Å². The number of aromatic nitrogens is 3. The Bertz CT molecular complexity index is 1310. The van der Waals surface area contributed by atoms with Gasteiger partial charge in [-0.1, -0.05) is 30.3 Å². The number of nitrogens with one attached hydrogen (secondary N) is 1. The van der Waals surface area contributed by atoms with Gasteiger partial charge in [-0.3, -0.25) is 14.5 Å². The van der Waals surface area contributed by atoms with E-state index in [-0.39, 0.29) is 5.91 Å². The van der Waals surface area contributed by atoms with Crippen LogP contribution in [0.25, 0.3) is 10.9 Å². The van der Waals surface area contributed by atoms with Crippen molar-refractivity contribution < 1.29 is 9.53 Å². The molecule has 4 aromatic rings. The Hall–Kier alpha value is -3.67. The molecule has 1 fully saturated rings. The monoisotopic (exact) mass is 426 g/mol. The Labute approximate surface area is 187 Å². The molecule has 5 rings (SSSR count). The summed E-state index contributed by atoms with van der Waals surface area (Å²) < 4.78 is 7.32. The molecule has 6 nitrogen and oxygen atoms in total. The van der Waals surface area contributed by atoms with Gasteiger partial charge in [-0.2, -0.15) is 5.10 Å². The molecule has 0 atom stereocenters. The lowest BCUT2D eigenvalue weighted by Gasteiger charge is -2.12. The fraction of sp³-hybridized carbons (Fsp3) is 0.269. The molecule has 0 bridgehead atoms. The molecule has 1 aliphatic carbocycles. The number of anilines is 1. The van der Waals surface area contributed by atoms with Crippen LogP contribution in [-0.2, 0) is 6.54 Å². The van der Waals surface area contributed by atoms with Crippen molar-refractivity contribution in [3.8, 4) is 5.75 Å². The van der Waals surface area contributed by atoms with E-state index in [1.54, 1.807) is 7.11 Å². The molecule has 2 aromatic heterocycles. The van der Waals surface area contributed by atoms with Crippen LogP contribution in [-0.4, -0.2) is 27.8 Å². The summed E-state index contributed by atoms with van der Waals surface area (Å²) in [5.74, 6) is 0.999. The Morgan fingerprint density at radius 1 is 1.12 bits per heavy atom. The molecule has 0 radical (unpaired) electrons. The van der Waals surface area contributed by atoms with Gasteiger partial charge in [-0.05, 0) is 56.5 Å². The smallest absolute Gasteiger partial charge is 0.256 e. The van der Waals surface area contributed by atoms with E-state index >= 15 is 0 Å². The summed E-state index contributed by atoms with van der Waals surface area (Å²) in [5, 5.41) is 8.58.